The summed E-state index contributed by atoms with van der Waals surface area (Å²) in [5, 5.41) is 14.6. The second-order valence-electron chi connectivity index (χ2n) is 14.3. The van der Waals surface area contributed by atoms with Crippen molar-refractivity contribution in [1.29, 1.82) is 0 Å². The van der Waals surface area contributed by atoms with E-state index in [9.17, 15) is 18.7 Å². The molecule has 5 fully saturated rings. The van der Waals surface area contributed by atoms with E-state index in [1.165, 1.54) is 6.26 Å². The third-order valence-corrected chi connectivity index (χ3v) is 10.5. The van der Waals surface area contributed by atoms with Crippen LogP contribution in [0.5, 0.6) is 0 Å². The van der Waals surface area contributed by atoms with E-state index in [0.29, 0.717) is 41.7 Å². The van der Waals surface area contributed by atoms with Crippen molar-refractivity contribution in [2.75, 3.05) is 11.4 Å². The van der Waals surface area contributed by atoms with Crippen molar-refractivity contribution in [3.63, 3.8) is 0 Å². The quantitative estimate of drug-likeness (QED) is 0.278. The topological polar surface area (TPSA) is 105 Å². The van der Waals surface area contributed by atoms with E-state index in [2.05, 4.69) is 10.1 Å². The normalized spacial score (nSPS) is 28.3. The van der Waals surface area contributed by atoms with E-state index in [1.54, 1.807) is 13.8 Å². The van der Waals surface area contributed by atoms with Gasteiger partial charge in [0, 0.05) is 48.4 Å². The summed E-state index contributed by atoms with van der Waals surface area (Å²) in [6.45, 7) is 3.82. The molecule has 2 aromatic heterocycles. The van der Waals surface area contributed by atoms with Gasteiger partial charge in [0.05, 0.1) is 0 Å². The molecule has 1 N–H and O–H groups in total. The van der Waals surface area contributed by atoms with Crippen LogP contribution in [0.4, 0.5) is 14.5 Å². The number of fused-ring (bicyclic) bond motifs is 3. The lowest BCUT2D eigenvalue weighted by Crippen LogP contribution is -2.51. The number of aromatic nitrogens is 3. The lowest BCUT2D eigenvalue weighted by Gasteiger charge is -2.53. The van der Waals surface area contributed by atoms with Gasteiger partial charge in [-0.1, -0.05) is 11.2 Å². The van der Waals surface area contributed by atoms with Crippen molar-refractivity contribution in [3.8, 4) is 11.5 Å². The molecule has 0 radical (unpaired) electrons. The Bertz CT molecular complexity index is 1480. The third-order valence-electron chi connectivity index (χ3n) is 10.5. The van der Waals surface area contributed by atoms with Gasteiger partial charge in [0.25, 0.3) is 0 Å². The van der Waals surface area contributed by atoms with Crippen LogP contribution in [0.25, 0.3) is 11.5 Å². The monoisotopic (exact) mass is 594 g/mol. The molecule has 5 aliphatic rings. The Morgan fingerprint density at radius 3 is 2.44 bits per heavy atom. The van der Waals surface area contributed by atoms with Crippen LogP contribution in [0, 0.1) is 11.3 Å². The number of amides is 1. The highest BCUT2D eigenvalue weighted by atomic mass is 19.3. The number of oxazole rings is 1. The summed E-state index contributed by atoms with van der Waals surface area (Å²) in [5.41, 5.74) is 0.503. The number of alkyl halides is 2. The molecule has 230 valence electrons. The van der Waals surface area contributed by atoms with E-state index in [0.717, 1.165) is 63.1 Å². The number of carbonyl (C=O) groups is 1. The first kappa shape index (κ1) is 28.6. The van der Waals surface area contributed by atoms with Gasteiger partial charge < -0.3 is 18.9 Å². The largest absolute Gasteiger partial charge is 0.444 e. The van der Waals surface area contributed by atoms with Crippen LogP contribution in [0.15, 0.2) is 39.5 Å². The van der Waals surface area contributed by atoms with Crippen LogP contribution in [0.3, 0.4) is 0 Å². The van der Waals surface area contributed by atoms with Gasteiger partial charge in [-0.3, -0.25) is 4.79 Å². The SMILES string of the molecule is CC(C)(O)c1coc(-c2cccc(N(CC34CCC(c5nc(C6CC6)no5)(CC3)CC4)C(=O)CC3CCC(F)(F)C3)c2)n1. The zero-order chi connectivity index (χ0) is 30.0. The molecule has 1 atom stereocenters. The summed E-state index contributed by atoms with van der Waals surface area (Å²) in [7, 11) is 0. The zero-order valence-corrected chi connectivity index (χ0v) is 25.0. The van der Waals surface area contributed by atoms with Gasteiger partial charge in [-0.25, -0.2) is 13.8 Å². The minimum atomic E-state index is -2.69. The molecule has 5 aliphatic carbocycles. The van der Waals surface area contributed by atoms with Crippen LogP contribution in [0.1, 0.15) is 114 Å². The van der Waals surface area contributed by atoms with Crippen molar-refractivity contribution in [2.45, 2.75) is 114 Å². The molecule has 8 nitrogen and oxygen atoms in total. The van der Waals surface area contributed by atoms with Gasteiger partial charge in [0.15, 0.2) is 5.82 Å². The Labute approximate surface area is 250 Å². The third kappa shape index (κ3) is 5.63. The molecular formula is C33H40F2N4O4. The first-order valence-electron chi connectivity index (χ1n) is 15.7. The smallest absolute Gasteiger partial charge is 0.248 e. The molecule has 3 aromatic rings. The van der Waals surface area contributed by atoms with Crippen molar-refractivity contribution in [1.82, 2.24) is 15.1 Å². The van der Waals surface area contributed by atoms with Gasteiger partial charge in [0.1, 0.15) is 17.6 Å². The molecule has 1 unspecified atom stereocenters. The molecule has 10 heteroatoms. The first-order chi connectivity index (χ1) is 20.4. The summed E-state index contributed by atoms with van der Waals surface area (Å²) in [6, 6.07) is 7.50. The fourth-order valence-electron chi connectivity index (χ4n) is 7.51. The predicted octanol–water partition coefficient (Wildman–Crippen LogP) is 7.28. The van der Waals surface area contributed by atoms with E-state index >= 15 is 0 Å². The first-order valence-corrected chi connectivity index (χ1v) is 15.7. The zero-order valence-electron chi connectivity index (χ0n) is 25.0. The highest BCUT2D eigenvalue weighted by molar-refractivity contribution is 5.94. The Kier molecular flexibility index (Phi) is 6.80. The molecule has 2 heterocycles. The molecular weight excluding hydrogens is 554 g/mol. The average Bonchev–Trinajstić information content (AvgIpc) is 3.34. The number of hydrogen-bond acceptors (Lipinski definition) is 7. The van der Waals surface area contributed by atoms with Gasteiger partial charge in [-0.2, -0.15) is 4.98 Å². The maximum Gasteiger partial charge on any atom is 0.248 e. The second kappa shape index (κ2) is 10.2. The Balaban J connectivity index is 1.14. The number of benzene rings is 1. The molecule has 0 aliphatic heterocycles. The van der Waals surface area contributed by atoms with Crippen LogP contribution >= 0.6 is 0 Å². The number of rotatable bonds is 9. The van der Waals surface area contributed by atoms with Crippen molar-refractivity contribution in [2.24, 2.45) is 11.3 Å². The molecule has 2 bridgehead atoms. The van der Waals surface area contributed by atoms with Crippen LogP contribution < -0.4 is 4.90 Å². The number of halogens is 2. The molecule has 43 heavy (non-hydrogen) atoms. The molecule has 1 aromatic carbocycles. The number of aliphatic hydroxyl groups is 1. The summed E-state index contributed by atoms with van der Waals surface area (Å²) in [4.78, 5) is 25.1. The molecule has 0 saturated heterocycles. The highest BCUT2D eigenvalue weighted by Gasteiger charge is 2.53. The average molecular weight is 595 g/mol. The van der Waals surface area contributed by atoms with Crippen LogP contribution in [0.2, 0.25) is 0 Å². The summed E-state index contributed by atoms with van der Waals surface area (Å²) >= 11 is 0. The second-order valence-corrected chi connectivity index (χ2v) is 14.3. The Morgan fingerprint density at radius 1 is 1.07 bits per heavy atom. The minimum absolute atomic E-state index is 0.0661. The van der Waals surface area contributed by atoms with E-state index < -0.39 is 11.5 Å². The summed E-state index contributed by atoms with van der Waals surface area (Å²) < 4.78 is 39.6. The number of hydrogen-bond donors (Lipinski definition) is 1. The molecule has 8 rings (SSSR count). The van der Waals surface area contributed by atoms with Crippen LogP contribution in [-0.2, 0) is 15.8 Å². The maximum absolute atomic E-state index is 14.0. The van der Waals surface area contributed by atoms with Gasteiger partial charge >= 0.3 is 0 Å². The fourth-order valence-corrected chi connectivity index (χ4v) is 7.51. The van der Waals surface area contributed by atoms with E-state index in [1.807, 2.05) is 29.2 Å². The van der Waals surface area contributed by atoms with E-state index in [4.69, 9.17) is 13.9 Å². The Morgan fingerprint density at radius 2 is 1.81 bits per heavy atom. The number of nitrogens with zero attached hydrogens (tertiary/aromatic N) is 4. The molecule has 5 saturated carbocycles. The summed E-state index contributed by atoms with van der Waals surface area (Å²) in [6.07, 6.45) is 9.42. The minimum Gasteiger partial charge on any atom is -0.444 e. The summed E-state index contributed by atoms with van der Waals surface area (Å²) in [5.74, 6) is -0.702. The highest BCUT2D eigenvalue weighted by Crippen LogP contribution is 2.58. The predicted molar refractivity (Wildman–Crippen MR) is 155 cm³/mol. The Hall–Kier alpha value is -3.14. The van der Waals surface area contributed by atoms with Crippen LogP contribution in [-0.4, -0.2) is 38.6 Å². The maximum atomic E-state index is 14.0. The van der Waals surface area contributed by atoms with Crippen molar-refractivity contribution in [3.05, 3.63) is 47.9 Å². The van der Waals surface area contributed by atoms with Crippen molar-refractivity contribution >= 4 is 11.6 Å². The van der Waals surface area contributed by atoms with Gasteiger partial charge in [-0.15, -0.1) is 0 Å². The fraction of sp³-hybridized carbons (Fsp3) is 0.636. The number of carbonyl (C=O) groups excluding carboxylic acids is 1. The lowest BCUT2D eigenvalue weighted by molar-refractivity contribution is -0.120. The molecule has 1 amide bonds. The standard InChI is InChI=1S/C33H40F2N4O4/c1-30(2,41)25-19-42-28(36-25)23-4-3-5-24(17-23)39(26(40)16-21-8-9-33(34,35)18-21)20-31-10-13-32(14-11-31,15-12-31)29-37-27(38-43-29)22-6-7-22/h3-5,17,19,21-22,41H,6-16,18,20H2,1-2H3. The molecule has 0 spiro atoms. The van der Waals surface area contributed by atoms with E-state index in [-0.39, 0.29) is 41.9 Å². The van der Waals surface area contributed by atoms with Crippen molar-refractivity contribution < 1.29 is 27.6 Å². The van der Waals surface area contributed by atoms with Gasteiger partial charge in [0.2, 0.25) is 23.6 Å². The van der Waals surface area contributed by atoms with Gasteiger partial charge in [-0.05, 0) is 101 Å². The number of anilines is 1. The lowest BCUT2D eigenvalue weighted by atomic mass is 9.53.